The summed E-state index contributed by atoms with van der Waals surface area (Å²) in [4.78, 5) is 28.5. The molecule has 0 aliphatic carbocycles. The SMILES string of the molecule is CCCN(CCC)C(=O)c1cc(C)cc(C(=O)N[C@@H](Cc2cc(F)cc(F)c2)[C@H](O)CNCc2cccc(NS(C)(=O)=O)c2)c1.CS(=O)(=O)Cl.CS(=O)(=O)Nc1cccc(C#N)c1.CS(=O)(=O)Nc1cccc(CN)c1.N#Cc1cccc(N)c1. The fourth-order valence-electron chi connectivity index (χ4n) is 7.51. The second kappa shape index (κ2) is 35.5. The van der Waals surface area contributed by atoms with E-state index >= 15 is 0 Å². The predicted octanol–water partition coefficient (Wildman–Crippen LogP) is 7.17. The first kappa shape index (κ1) is 73.4. The van der Waals surface area contributed by atoms with Gasteiger partial charge in [0.25, 0.3) is 11.8 Å². The Morgan fingerprint density at radius 3 is 1.54 bits per heavy atom. The smallest absolute Gasteiger partial charge is 0.253 e. The van der Waals surface area contributed by atoms with Crippen LogP contribution in [0, 0.1) is 41.2 Å². The second-order valence-corrected chi connectivity index (χ2v) is 27.3. The molecule has 0 heterocycles. The number of halogens is 3. The van der Waals surface area contributed by atoms with E-state index in [0.29, 0.717) is 64.6 Å². The van der Waals surface area contributed by atoms with Crippen molar-refractivity contribution >= 4 is 84.4 Å². The first-order valence-electron chi connectivity index (χ1n) is 25.6. The molecule has 0 aliphatic heterocycles. The maximum atomic E-state index is 14.0. The van der Waals surface area contributed by atoms with Gasteiger partial charge in [0.05, 0.1) is 60.4 Å². The molecule has 28 heteroatoms. The quantitative estimate of drug-likeness (QED) is 0.0261. The Kier molecular flexibility index (Phi) is 30.7. The number of amides is 2. The Morgan fingerprint density at radius 2 is 1.08 bits per heavy atom. The normalized spacial score (nSPS) is 11.6. The van der Waals surface area contributed by atoms with Crippen LogP contribution < -0.4 is 36.3 Å². The van der Waals surface area contributed by atoms with Gasteiger partial charge in [0, 0.05) is 83.3 Å². The molecule has 85 heavy (non-hydrogen) atoms. The number of sulfonamides is 3. The van der Waals surface area contributed by atoms with Crippen molar-refractivity contribution in [1.82, 2.24) is 15.5 Å². The summed E-state index contributed by atoms with van der Waals surface area (Å²) >= 11 is 0. The number of nitrogen functional groups attached to an aromatic ring is 1. The molecule has 2 atom stereocenters. The number of nitrogens with one attached hydrogen (secondary N) is 5. The number of aryl methyl sites for hydroxylation is 1. The maximum absolute atomic E-state index is 14.0. The van der Waals surface area contributed by atoms with Crippen molar-refractivity contribution in [1.29, 1.82) is 10.5 Å². The van der Waals surface area contributed by atoms with E-state index in [1.807, 2.05) is 32.1 Å². The first-order chi connectivity index (χ1) is 39.6. The molecule has 0 radical (unpaired) electrons. The number of nitrogens with two attached hydrogens (primary N) is 2. The van der Waals surface area contributed by atoms with Crippen LogP contribution in [0.25, 0.3) is 0 Å². The molecule has 10 N–H and O–H groups in total. The lowest BCUT2D eigenvalue weighted by Crippen LogP contribution is -2.48. The van der Waals surface area contributed by atoms with Crippen molar-refractivity contribution < 1.29 is 57.1 Å². The van der Waals surface area contributed by atoms with Crippen LogP contribution >= 0.6 is 10.7 Å². The van der Waals surface area contributed by atoms with Crippen LogP contribution in [0.4, 0.5) is 31.5 Å². The standard InChI is InChI=1S/C33H42F2N4O5S.C8H12N2O2S.C8H8N2O2S.C7H6N2.CH3ClO2S/c1-5-10-39(11-6-2)33(42)26-13-22(3)12-25(18-26)32(41)37-30(17-24-14-27(34)19-28(35)15-24)31(40)21-36-20-23-8-7-9-29(16-23)38-45(4,43)44;2*1-13(11,12)10-8-4-2-3-7(5-8)6-9;8-5-6-2-1-3-7(9)4-6;1-5(2,3)4/h7-9,12-16,18-19,30-31,36,38,40H,5-6,10-11,17,20-21H2,1-4H3,(H,37,41);2-5,10H,6,9H2,1H3;2-5,10H,1H3;1-4H,9H2;1H3/t30-,31+;;;;/m0..../s1. The minimum atomic E-state index is -3.45. The summed E-state index contributed by atoms with van der Waals surface area (Å²) in [7, 11) is -8.60. The molecule has 0 spiro atoms. The molecule has 0 bridgehead atoms. The van der Waals surface area contributed by atoms with E-state index in [4.69, 9.17) is 22.0 Å². The number of carbonyl (C=O) groups excluding carboxylic acids is 2. The highest BCUT2D eigenvalue weighted by Gasteiger charge is 2.25. The van der Waals surface area contributed by atoms with Gasteiger partial charge >= 0.3 is 0 Å². The number of nitriles is 2. The summed E-state index contributed by atoms with van der Waals surface area (Å²) in [6.45, 7) is 7.60. The predicted molar refractivity (Wildman–Crippen MR) is 330 cm³/mol. The molecule has 6 rings (SSSR count). The zero-order chi connectivity index (χ0) is 64.1. The number of nitrogens with zero attached hydrogens (tertiary/aromatic N) is 3. The fraction of sp³-hybridized carbons (Fsp3) is 0.298. The van der Waals surface area contributed by atoms with E-state index in [1.165, 1.54) is 12.1 Å². The number of hydrogen-bond acceptors (Lipinski definition) is 16. The van der Waals surface area contributed by atoms with Gasteiger partial charge in [-0.2, -0.15) is 10.5 Å². The average molecular weight is 1270 g/mol. The van der Waals surface area contributed by atoms with E-state index in [-0.39, 0.29) is 36.5 Å². The van der Waals surface area contributed by atoms with E-state index < -0.39 is 68.8 Å². The van der Waals surface area contributed by atoms with Crippen molar-refractivity contribution in [2.24, 2.45) is 5.73 Å². The van der Waals surface area contributed by atoms with Gasteiger partial charge < -0.3 is 32.1 Å². The lowest BCUT2D eigenvalue weighted by Gasteiger charge is -2.25. The summed E-state index contributed by atoms with van der Waals surface area (Å²) in [5.41, 5.74) is 17.0. The molecule has 21 nitrogen and oxygen atoms in total. The molecule has 6 aromatic rings. The molecule has 0 saturated carbocycles. The van der Waals surface area contributed by atoms with Gasteiger partial charge in [0.15, 0.2) is 0 Å². The van der Waals surface area contributed by atoms with E-state index in [1.54, 1.807) is 109 Å². The number of anilines is 4. The van der Waals surface area contributed by atoms with Crippen molar-refractivity contribution in [3.63, 3.8) is 0 Å². The monoisotopic (exact) mass is 1270 g/mol. The molecular weight excluding hydrogens is 1200 g/mol. The van der Waals surface area contributed by atoms with Crippen LogP contribution in [0.15, 0.2) is 133 Å². The van der Waals surface area contributed by atoms with E-state index in [2.05, 4.69) is 35.5 Å². The van der Waals surface area contributed by atoms with Crippen molar-refractivity contribution in [2.75, 3.05) is 64.6 Å². The zero-order valence-corrected chi connectivity index (χ0v) is 51.8. The van der Waals surface area contributed by atoms with Crippen LogP contribution in [-0.4, -0.2) is 112 Å². The molecule has 6 aromatic carbocycles. The molecule has 0 saturated heterocycles. The Labute approximate surface area is 502 Å². The van der Waals surface area contributed by atoms with E-state index in [9.17, 15) is 57.1 Å². The lowest BCUT2D eigenvalue weighted by molar-refractivity contribution is 0.0755. The Balaban J connectivity index is 0.000000489. The average Bonchev–Trinajstić information content (AvgIpc) is 3.53. The van der Waals surface area contributed by atoms with Gasteiger partial charge in [0.1, 0.15) is 11.6 Å². The number of aliphatic hydroxyl groups is 1. The third-order valence-electron chi connectivity index (χ3n) is 10.7. The van der Waals surface area contributed by atoms with Gasteiger partial charge in [-0.25, -0.2) is 42.5 Å². The summed E-state index contributed by atoms with van der Waals surface area (Å²) < 4.78 is 120. The van der Waals surface area contributed by atoms with Crippen LogP contribution in [0.5, 0.6) is 0 Å². The lowest BCUT2D eigenvalue weighted by atomic mass is 9.99. The fourth-order valence-corrected chi connectivity index (χ4v) is 9.17. The number of hydrogen-bond donors (Lipinski definition) is 8. The minimum Gasteiger partial charge on any atom is -0.399 e. The van der Waals surface area contributed by atoms with Crippen LogP contribution in [0.3, 0.4) is 0 Å². The van der Waals surface area contributed by atoms with Crippen LogP contribution in [0.1, 0.15) is 80.8 Å². The number of benzene rings is 6. The zero-order valence-electron chi connectivity index (χ0n) is 47.8. The van der Waals surface area contributed by atoms with Crippen molar-refractivity contribution in [3.05, 3.63) is 190 Å². The third-order valence-corrected chi connectivity index (χ3v) is 12.5. The Bertz CT molecular complexity index is 3710. The molecular formula is C57H71ClF2N10O11S4. The molecule has 460 valence electrons. The summed E-state index contributed by atoms with van der Waals surface area (Å²) in [6.07, 6.45) is 4.48. The number of carbonyl (C=O) groups is 2. The summed E-state index contributed by atoms with van der Waals surface area (Å²) in [5, 5.41) is 33.9. The topological polar surface area (TPSA) is 354 Å². The number of rotatable bonds is 21. The van der Waals surface area contributed by atoms with Gasteiger partial charge in [-0.3, -0.25) is 23.8 Å². The molecule has 0 aromatic heterocycles. The van der Waals surface area contributed by atoms with E-state index in [0.717, 1.165) is 67.2 Å². The molecule has 0 fully saturated rings. The minimum absolute atomic E-state index is 0.00692. The highest BCUT2D eigenvalue weighted by atomic mass is 35.7. The van der Waals surface area contributed by atoms with Crippen LogP contribution in [0.2, 0.25) is 0 Å². The van der Waals surface area contributed by atoms with Gasteiger partial charge in [0.2, 0.25) is 39.1 Å². The van der Waals surface area contributed by atoms with Gasteiger partial charge in [-0.1, -0.05) is 50.2 Å². The Hall–Kier alpha value is -7.73. The molecule has 0 aliphatic rings. The van der Waals surface area contributed by atoms with Crippen molar-refractivity contribution in [2.45, 2.75) is 65.3 Å². The Morgan fingerprint density at radius 1 is 0.635 bits per heavy atom. The van der Waals surface area contributed by atoms with Gasteiger partial charge in [-0.15, -0.1) is 0 Å². The largest absolute Gasteiger partial charge is 0.399 e. The molecule has 0 unspecified atom stereocenters. The summed E-state index contributed by atoms with van der Waals surface area (Å²) in [5.74, 6) is -2.29. The molecule has 2 amide bonds. The summed E-state index contributed by atoms with van der Waals surface area (Å²) in [6, 6.07) is 37.7. The van der Waals surface area contributed by atoms with Crippen molar-refractivity contribution in [3.8, 4) is 12.1 Å². The highest BCUT2D eigenvalue weighted by Crippen LogP contribution is 2.18. The highest BCUT2D eigenvalue weighted by molar-refractivity contribution is 8.13. The second-order valence-electron chi connectivity index (χ2n) is 19.0. The van der Waals surface area contributed by atoms with Crippen LogP contribution in [-0.2, 0) is 58.6 Å². The number of aliphatic hydroxyl groups excluding tert-OH is 1. The third kappa shape index (κ3) is 32.8. The maximum Gasteiger partial charge on any atom is 0.253 e. The first-order valence-corrected chi connectivity index (χ1v) is 34.0. The van der Waals surface area contributed by atoms with Gasteiger partial charge in [-0.05, 0) is 139 Å².